The van der Waals surface area contributed by atoms with Crippen LogP contribution in [0.2, 0.25) is 0 Å². The zero-order valence-corrected chi connectivity index (χ0v) is 77.0. The van der Waals surface area contributed by atoms with Crippen molar-refractivity contribution in [1.82, 2.24) is 39.5 Å². The number of thiazole rings is 2. The molecule has 0 aliphatic heterocycles. The number of aromatic nitrogens is 8. The van der Waals surface area contributed by atoms with Crippen molar-refractivity contribution >= 4 is 45.3 Å². The first-order chi connectivity index (χ1) is 51.1. The van der Waals surface area contributed by atoms with Crippen molar-refractivity contribution in [3.05, 3.63) is 290 Å². The second-order valence-electron chi connectivity index (χ2n) is 16.3. The summed E-state index contributed by atoms with van der Waals surface area (Å²) in [5, 5.41) is 11.4. The minimum atomic E-state index is 0.718. The van der Waals surface area contributed by atoms with Crippen LogP contribution in [0, 0.1) is 83.1 Å². The number of oxazole rings is 3. The summed E-state index contributed by atoms with van der Waals surface area (Å²) in [6, 6.07) is 32.3. The third-order valence-corrected chi connectivity index (χ3v) is 11.6. The maximum absolute atomic E-state index is 4.83. The molecule has 13 nitrogen and oxygen atoms in total. The Morgan fingerprint density at radius 2 is 0.971 bits per heavy atom. The van der Waals surface area contributed by atoms with Gasteiger partial charge in [-0.05, 0) is 170 Å². The van der Waals surface area contributed by atoms with Gasteiger partial charge in [0.25, 0.3) is 0 Å². The number of nitrogens with one attached hydrogen (secondary N) is 2. The number of benzene rings is 1. The number of nitrogens with zero attached hydrogens (tertiary/aromatic N) is 6. The van der Waals surface area contributed by atoms with E-state index in [0.717, 1.165) is 33.8 Å². The summed E-state index contributed by atoms with van der Waals surface area (Å²) < 4.78 is 25.6. The Morgan fingerprint density at radius 1 is 0.381 bits per heavy atom. The third kappa shape index (κ3) is 120. The molecule has 0 unspecified atom stereocenters. The minimum Gasteiger partial charge on any atom is -0.472 e. The van der Waals surface area contributed by atoms with E-state index in [1.165, 1.54) is 45.6 Å². The molecular weight excluding hydrogens is 1380 g/mol. The van der Waals surface area contributed by atoms with Gasteiger partial charge in [0, 0.05) is 78.2 Å². The van der Waals surface area contributed by atoms with E-state index in [2.05, 4.69) is 113 Å². The largest absolute Gasteiger partial charge is 0.472 e. The molecular formula is C88H156N8O5S4. The van der Waals surface area contributed by atoms with Crippen LogP contribution in [0.25, 0.3) is 0 Å². The lowest BCUT2D eigenvalue weighted by atomic mass is 10.2. The molecule has 602 valence electrons. The third-order valence-electron chi connectivity index (χ3n) is 8.63. The lowest BCUT2D eigenvalue weighted by molar-refractivity contribution is 0.521. The molecule has 17 heteroatoms. The summed E-state index contributed by atoms with van der Waals surface area (Å²) in [5.41, 5.74) is 10.2. The SMILES string of the molecule is CC.CC.CC.CC.CC.CC.CC.CC.CC.CC.CC.CC.CC.Cc1cc[nH]c1.Cc1ccc[nH]1.Cc1ccccc1.Cc1ccco1.Cc1cccs1.Cc1ccoc1.Cc1ccsc1.Cc1cnco1.Cc1cocn1.Cc1cscn1.Cc1ncco1.Cc1nccs1.Cn1cccc1. The second kappa shape index (κ2) is 123. The topological polar surface area (TPSA) is 167 Å². The number of hydrogen-bond donors (Lipinski definition) is 2. The Kier molecular flexibility index (Phi) is 148. The maximum Gasteiger partial charge on any atom is 0.190 e. The van der Waals surface area contributed by atoms with Crippen LogP contribution in [0.15, 0.2) is 245 Å². The van der Waals surface area contributed by atoms with E-state index in [-0.39, 0.29) is 0 Å². The quantitative estimate of drug-likeness (QED) is 0.149. The molecule has 0 saturated heterocycles. The zero-order valence-electron chi connectivity index (χ0n) is 73.7. The molecule has 13 aromatic rings. The average Bonchev–Trinajstić information content (AvgIpc) is 3.05. The van der Waals surface area contributed by atoms with Crippen LogP contribution in [0.4, 0.5) is 0 Å². The minimum absolute atomic E-state index is 0.718. The van der Waals surface area contributed by atoms with Crippen molar-refractivity contribution in [2.75, 3.05) is 0 Å². The lowest BCUT2D eigenvalue weighted by Crippen LogP contribution is -1.75. The molecule has 0 aliphatic carbocycles. The van der Waals surface area contributed by atoms with E-state index < -0.39 is 0 Å². The van der Waals surface area contributed by atoms with Gasteiger partial charge >= 0.3 is 0 Å². The Morgan fingerprint density at radius 3 is 1.10 bits per heavy atom. The molecule has 13 rings (SSSR count). The monoisotopic (exact) mass is 1530 g/mol. The fourth-order valence-electron chi connectivity index (χ4n) is 4.58. The van der Waals surface area contributed by atoms with Gasteiger partial charge in [0.15, 0.2) is 18.7 Å². The van der Waals surface area contributed by atoms with Crippen LogP contribution >= 0.6 is 45.3 Å². The summed E-state index contributed by atoms with van der Waals surface area (Å²) in [6.07, 6.45) is 25.9. The van der Waals surface area contributed by atoms with Gasteiger partial charge in [0.05, 0.1) is 47.4 Å². The number of rotatable bonds is 0. The average molecular weight is 1530 g/mol. The molecule has 12 heterocycles. The Bertz CT molecular complexity index is 2340. The fourth-order valence-corrected chi connectivity index (χ4v) is 6.76. The molecule has 105 heavy (non-hydrogen) atoms. The van der Waals surface area contributed by atoms with Crippen molar-refractivity contribution < 1.29 is 22.1 Å². The normalized spacial score (nSPS) is 7.38. The van der Waals surface area contributed by atoms with Crippen LogP contribution in [0.1, 0.15) is 247 Å². The van der Waals surface area contributed by atoms with E-state index in [0.29, 0.717) is 0 Å². The van der Waals surface area contributed by atoms with Crippen molar-refractivity contribution in [2.24, 2.45) is 7.05 Å². The van der Waals surface area contributed by atoms with Gasteiger partial charge < -0.3 is 36.6 Å². The van der Waals surface area contributed by atoms with Gasteiger partial charge in [-0.2, -0.15) is 11.3 Å². The van der Waals surface area contributed by atoms with Gasteiger partial charge in [0.1, 0.15) is 24.0 Å². The van der Waals surface area contributed by atoms with Gasteiger partial charge in [-0.3, -0.25) is 9.97 Å². The highest BCUT2D eigenvalue weighted by molar-refractivity contribution is 7.10. The first-order valence-electron chi connectivity index (χ1n) is 37.6. The van der Waals surface area contributed by atoms with E-state index in [1.54, 1.807) is 102 Å². The van der Waals surface area contributed by atoms with E-state index in [1.807, 2.05) is 354 Å². The Balaban J connectivity index is -0.0000000774. The molecule has 0 spiro atoms. The van der Waals surface area contributed by atoms with Crippen LogP contribution in [0.5, 0.6) is 0 Å². The Hall–Kier alpha value is -8.09. The molecule has 0 bridgehead atoms. The summed E-state index contributed by atoms with van der Waals surface area (Å²) in [6.45, 7) is 75.8. The predicted molar refractivity (Wildman–Crippen MR) is 478 cm³/mol. The van der Waals surface area contributed by atoms with Gasteiger partial charge in [0.2, 0.25) is 0 Å². The highest BCUT2D eigenvalue weighted by Gasteiger charge is 1.82. The van der Waals surface area contributed by atoms with Crippen LogP contribution < -0.4 is 0 Å². The van der Waals surface area contributed by atoms with Crippen molar-refractivity contribution in [3.63, 3.8) is 0 Å². The molecule has 0 fully saturated rings. The molecule has 12 aromatic heterocycles. The maximum atomic E-state index is 4.83. The van der Waals surface area contributed by atoms with Crippen molar-refractivity contribution in [1.29, 1.82) is 0 Å². The van der Waals surface area contributed by atoms with E-state index >= 15 is 0 Å². The predicted octanol–water partition coefficient (Wildman–Crippen LogP) is 32.1. The van der Waals surface area contributed by atoms with Crippen molar-refractivity contribution in [3.8, 4) is 0 Å². The van der Waals surface area contributed by atoms with Crippen LogP contribution in [-0.2, 0) is 7.05 Å². The summed E-state index contributed by atoms with van der Waals surface area (Å²) >= 11 is 6.81. The highest BCUT2D eigenvalue weighted by atomic mass is 32.1. The summed E-state index contributed by atoms with van der Waals surface area (Å²) in [7, 11) is 2.00. The standard InChI is InChI=1S/C7H8.3C5H7N.2C5H6O.2C5H6S.3C4H5NO.2C4H5NS.13C2H6/c1-7-5-3-2-4-6-7;1-5-2-3-6-4-5;1-6-4-2-3-5-6;1-5-3-2-4-6-5;1-5-2-3-6-4-5;1-5-3-2-4-6-5;1-5-2-3-6-4-5;1-5-3-2-4-6-5;1-4-2-6-3-5-4;1-4-2-5-3-6-4;1-4-5-2-3-6-4;1-4-2-6-3-5-4;1-4-5-2-3-6-4;13*1-2/h2-6H,1H3;2-4,6H,1H3;2-5H,1H3;2-4,6H,1H3;4*2-4H,1H3;5*2-3H,1H3;13*1-2H3. The smallest absolute Gasteiger partial charge is 0.190 e. The molecule has 0 amide bonds. The van der Waals surface area contributed by atoms with Crippen LogP contribution in [-0.4, -0.2) is 39.5 Å². The first-order valence-corrected chi connectivity index (χ1v) is 41.3. The molecule has 0 atom stereocenters. The van der Waals surface area contributed by atoms with Gasteiger partial charge in [-0.1, -0.05) is 222 Å². The molecule has 0 saturated carbocycles. The number of aromatic amines is 2. The molecule has 0 aliphatic rings. The van der Waals surface area contributed by atoms with Gasteiger partial charge in [-0.15, -0.1) is 34.0 Å². The zero-order chi connectivity index (χ0) is 84.0. The number of H-pyrrole nitrogens is 2. The first kappa shape index (κ1) is 127. The number of hydrogen-bond acceptors (Lipinski definition) is 14. The molecule has 2 N–H and O–H groups in total. The highest BCUT2D eigenvalue weighted by Crippen LogP contribution is 2.04. The van der Waals surface area contributed by atoms with E-state index in [4.69, 9.17) is 17.7 Å². The fraction of sp³-hybridized carbons (Fsp3) is 0.443. The second-order valence-corrected chi connectivity index (χ2v) is 20.0. The molecule has 0 radical (unpaired) electrons. The summed E-state index contributed by atoms with van der Waals surface area (Å²) in [4.78, 5) is 26.3. The molecule has 1 aromatic carbocycles. The lowest BCUT2D eigenvalue weighted by Gasteiger charge is -1.82. The van der Waals surface area contributed by atoms with Gasteiger partial charge in [-0.25, -0.2) is 15.0 Å². The van der Waals surface area contributed by atoms with Crippen molar-refractivity contribution in [2.45, 2.75) is 263 Å². The number of aryl methyl sites for hydroxylation is 13. The summed E-state index contributed by atoms with van der Waals surface area (Å²) in [5.74, 6) is 2.54. The van der Waals surface area contributed by atoms with Crippen LogP contribution in [0.3, 0.4) is 0 Å². The number of thiophene rings is 2. The number of furan rings is 2. The van der Waals surface area contributed by atoms with E-state index in [9.17, 15) is 0 Å². The Labute approximate surface area is 662 Å².